The van der Waals surface area contributed by atoms with Gasteiger partial charge in [-0.1, -0.05) is 23.8 Å². The lowest BCUT2D eigenvalue weighted by molar-refractivity contribution is -0.0132. The van der Waals surface area contributed by atoms with Crippen molar-refractivity contribution in [2.75, 3.05) is 13.1 Å². The Morgan fingerprint density at radius 2 is 2.14 bits per heavy atom. The van der Waals surface area contributed by atoms with Gasteiger partial charge < -0.3 is 4.74 Å². The molecule has 5 nitrogen and oxygen atoms in total. The van der Waals surface area contributed by atoms with Crippen LogP contribution in [0, 0.1) is 13.8 Å². The zero-order valence-electron chi connectivity index (χ0n) is 16.7. The molecule has 1 N–H and O–H groups in total. The van der Waals surface area contributed by atoms with E-state index in [-0.39, 0.29) is 6.10 Å². The fraction of sp³-hybridized carbons (Fsp3) is 0.391. The number of likely N-dealkylation sites (tertiary alicyclic amines) is 1. The fourth-order valence-electron chi connectivity index (χ4n) is 3.89. The maximum atomic E-state index is 6.14. The molecular weight excluding hydrogens is 348 g/mol. The van der Waals surface area contributed by atoms with E-state index < -0.39 is 0 Å². The summed E-state index contributed by atoms with van der Waals surface area (Å²) in [6, 6.07) is 12.5. The van der Waals surface area contributed by atoms with E-state index in [0.29, 0.717) is 6.61 Å². The number of hydrogen-bond donors (Lipinski definition) is 1. The molecule has 1 saturated heterocycles. The summed E-state index contributed by atoms with van der Waals surface area (Å²) < 4.78 is 6.14. The van der Waals surface area contributed by atoms with Gasteiger partial charge in [0.2, 0.25) is 0 Å². The standard InChI is InChI=1S/C23H28N4O/c1-17-8-9-18(2)22(12-17)23-19(13-25-26-23)14-27-11-5-7-21(15-27)28-16-20-6-3-4-10-24-20/h3-4,6,8-10,12-13,21H,5,7,11,14-16H2,1-2H3,(H,25,26)/t21-/m0/s1. The second-order valence-electron chi connectivity index (χ2n) is 7.72. The number of hydrogen-bond acceptors (Lipinski definition) is 4. The number of nitrogens with one attached hydrogen (secondary N) is 1. The predicted octanol–water partition coefficient (Wildman–Crippen LogP) is 4.27. The lowest BCUT2D eigenvalue weighted by Gasteiger charge is -2.32. The molecular formula is C23H28N4O. The van der Waals surface area contributed by atoms with Gasteiger partial charge in [-0.2, -0.15) is 5.10 Å². The number of aryl methyl sites for hydroxylation is 2. The number of ether oxygens (including phenoxy) is 1. The van der Waals surface area contributed by atoms with Crippen LogP contribution in [0.2, 0.25) is 0 Å². The minimum Gasteiger partial charge on any atom is -0.371 e. The number of rotatable bonds is 6. The minimum absolute atomic E-state index is 0.256. The van der Waals surface area contributed by atoms with Crippen LogP contribution in [-0.4, -0.2) is 39.3 Å². The highest BCUT2D eigenvalue weighted by Crippen LogP contribution is 2.27. The van der Waals surface area contributed by atoms with Crippen molar-refractivity contribution >= 4 is 0 Å². The Balaban J connectivity index is 1.41. The summed E-state index contributed by atoms with van der Waals surface area (Å²) in [6.07, 6.45) is 6.31. The highest BCUT2D eigenvalue weighted by Gasteiger charge is 2.22. The number of H-pyrrole nitrogens is 1. The van der Waals surface area contributed by atoms with Crippen molar-refractivity contribution < 1.29 is 4.74 Å². The molecule has 0 aliphatic carbocycles. The Bertz CT molecular complexity index is 906. The summed E-state index contributed by atoms with van der Waals surface area (Å²) >= 11 is 0. The molecule has 146 valence electrons. The topological polar surface area (TPSA) is 54.0 Å². The monoisotopic (exact) mass is 376 g/mol. The molecule has 3 heterocycles. The van der Waals surface area contributed by atoms with Crippen LogP contribution < -0.4 is 0 Å². The molecule has 0 saturated carbocycles. The quantitative estimate of drug-likeness (QED) is 0.698. The summed E-state index contributed by atoms with van der Waals surface area (Å²) in [6.45, 7) is 7.81. The molecule has 2 aromatic heterocycles. The van der Waals surface area contributed by atoms with E-state index in [1.165, 1.54) is 22.3 Å². The van der Waals surface area contributed by atoms with E-state index in [1.807, 2.05) is 30.6 Å². The number of pyridine rings is 1. The zero-order valence-corrected chi connectivity index (χ0v) is 16.7. The molecule has 28 heavy (non-hydrogen) atoms. The van der Waals surface area contributed by atoms with Gasteiger partial charge in [0.05, 0.1) is 30.3 Å². The zero-order chi connectivity index (χ0) is 19.3. The molecule has 1 aliphatic rings. The third-order valence-electron chi connectivity index (χ3n) is 5.43. The molecule has 1 aromatic carbocycles. The Hall–Kier alpha value is -2.50. The SMILES string of the molecule is Cc1ccc(C)c(-c2[nH]ncc2CN2CCC[C@H](OCc3ccccn3)C2)c1. The first-order valence-corrected chi connectivity index (χ1v) is 10.0. The van der Waals surface area contributed by atoms with Gasteiger partial charge in [-0.05, 0) is 57.0 Å². The summed E-state index contributed by atoms with van der Waals surface area (Å²) in [4.78, 5) is 6.83. The molecule has 0 radical (unpaired) electrons. The van der Waals surface area contributed by atoms with Crippen molar-refractivity contribution in [1.82, 2.24) is 20.1 Å². The van der Waals surface area contributed by atoms with Crippen LogP contribution in [0.15, 0.2) is 48.8 Å². The van der Waals surface area contributed by atoms with Crippen LogP contribution in [0.1, 0.15) is 35.2 Å². The lowest BCUT2D eigenvalue weighted by Crippen LogP contribution is -2.39. The molecule has 0 bridgehead atoms. The number of aromatic nitrogens is 3. The van der Waals surface area contributed by atoms with Crippen LogP contribution in [0.4, 0.5) is 0 Å². The van der Waals surface area contributed by atoms with Crippen molar-refractivity contribution in [3.05, 3.63) is 71.2 Å². The van der Waals surface area contributed by atoms with Gasteiger partial charge in [0.25, 0.3) is 0 Å². The molecule has 3 aromatic rings. The molecule has 0 amide bonds. The molecule has 1 fully saturated rings. The normalized spacial score (nSPS) is 17.7. The second-order valence-corrected chi connectivity index (χ2v) is 7.72. The predicted molar refractivity (Wildman–Crippen MR) is 111 cm³/mol. The average Bonchev–Trinajstić information content (AvgIpc) is 3.17. The largest absolute Gasteiger partial charge is 0.371 e. The Morgan fingerprint density at radius 1 is 1.21 bits per heavy atom. The molecule has 0 unspecified atom stereocenters. The third-order valence-corrected chi connectivity index (χ3v) is 5.43. The van der Waals surface area contributed by atoms with Gasteiger partial charge >= 0.3 is 0 Å². The van der Waals surface area contributed by atoms with Crippen molar-refractivity contribution in [1.29, 1.82) is 0 Å². The van der Waals surface area contributed by atoms with Crippen molar-refractivity contribution in [3.8, 4) is 11.3 Å². The Morgan fingerprint density at radius 3 is 3.00 bits per heavy atom. The number of benzene rings is 1. The maximum Gasteiger partial charge on any atom is 0.0892 e. The molecule has 1 aliphatic heterocycles. The Labute approximate surface area is 166 Å². The van der Waals surface area contributed by atoms with E-state index in [2.05, 4.69) is 52.1 Å². The smallest absolute Gasteiger partial charge is 0.0892 e. The lowest BCUT2D eigenvalue weighted by atomic mass is 9.99. The third kappa shape index (κ3) is 4.49. The minimum atomic E-state index is 0.256. The second kappa shape index (κ2) is 8.67. The maximum absolute atomic E-state index is 6.14. The van der Waals surface area contributed by atoms with Crippen LogP contribution in [0.3, 0.4) is 0 Å². The van der Waals surface area contributed by atoms with Crippen LogP contribution >= 0.6 is 0 Å². The van der Waals surface area contributed by atoms with E-state index in [4.69, 9.17) is 4.74 Å². The van der Waals surface area contributed by atoms with Gasteiger partial charge in [0.1, 0.15) is 0 Å². The van der Waals surface area contributed by atoms with Crippen LogP contribution in [0.25, 0.3) is 11.3 Å². The van der Waals surface area contributed by atoms with Gasteiger partial charge in [0, 0.05) is 30.4 Å². The van der Waals surface area contributed by atoms with Gasteiger partial charge in [-0.25, -0.2) is 0 Å². The van der Waals surface area contributed by atoms with E-state index in [0.717, 1.165) is 43.9 Å². The highest BCUT2D eigenvalue weighted by molar-refractivity contribution is 5.67. The molecule has 0 spiro atoms. The van der Waals surface area contributed by atoms with Gasteiger partial charge in [0.15, 0.2) is 0 Å². The molecule has 1 atom stereocenters. The van der Waals surface area contributed by atoms with E-state index >= 15 is 0 Å². The molecule has 5 heteroatoms. The average molecular weight is 377 g/mol. The fourth-order valence-corrected chi connectivity index (χ4v) is 3.89. The summed E-state index contributed by atoms with van der Waals surface area (Å²) in [5.74, 6) is 0. The van der Waals surface area contributed by atoms with Crippen molar-refractivity contribution in [3.63, 3.8) is 0 Å². The van der Waals surface area contributed by atoms with E-state index in [1.54, 1.807) is 0 Å². The van der Waals surface area contributed by atoms with Gasteiger partial charge in [-0.15, -0.1) is 0 Å². The van der Waals surface area contributed by atoms with Crippen LogP contribution in [-0.2, 0) is 17.9 Å². The van der Waals surface area contributed by atoms with E-state index in [9.17, 15) is 0 Å². The summed E-state index contributed by atoms with van der Waals surface area (Å²) in [5, 5.41) is 7.56. The van der Waals surface area contributed by atoms with Crippen molar-refractivity contribution in [2.45, 2.75) is 45.9 Å². The summed E-state index contributed by atoms with van der Waals surface area (Å²) in [5.41, 5.74) is 7.16. The number of nitrogens with zero attached hydrogens (tertiary/aromatic N) is 3. The van der Waals surface area contributed by atoms with Gasteiger partial charge in [-0.3, -0.25) is 15.0 Å². The number of aromatic amines is 1. The first-order chi connectivity index (χ1) is 13.7. The van der Waals surface area contributed by atoms with Crippen molar-refractivity contribution in [2.24, 2.45) is 0 Å². The highest BCUT2D eigenvalue weighted by atomic mass is 16.5. The molecule has 4 rings (SSSR count). The number of piperidine rings is 1. The Kier molecular flexibility index (Phi) is 5.84. The summed E-state index contributed by atoms with van der Waals surface area (Å²) in [7, 11) is 0. The van der Waals surface area contributed by atoms with Crippen LogP contribution in [0.5, 0.6) is 0 Å². The first kappa shape index (κ1) is 18.8. The first-order valence-electron chi connectivity index (χ1n) is 10.0.